The second-order valence-electron chi connectivity index (χ2n) is 8.37. The first kappa shape index (κ1) is 27.7. The average molecular weight is 535 g/mol. The highest BCUT2D eigenvalue weighted by molar-refractivity contribution is 7.92. The smallest absolute Gasteiger partial charge is 0.475 e. The summed E-state index contributed by atoms with van der Waals surface area (Å²) in [6.07, 6.45) is -2.68. The van der Waals surface area contributed by atoms with E-state index in [0.717, 1.165) is 24.8 Å². The number of benzene rings is 3. The summed E-state index contributed by atoms with van der Waals surface area (Å²) < 4.78 is 59.3. The second kappa shape index (κ2) is 11.5. The van der Waals surface area contributed by atoms with Crippen molar-refractivity contribution in [3.05, 3.63) is 96.1 Å². The summed E-state index contributed by atoms with van der Waals surface area (Å²) in [5.74, 6) is -2.72. The molecule has 1 amide bonds. The normalized spacial score (nSPS) is 14.0. The number of rotatable bonds is 8. The van der Waals surface area contributed by atoms with Gasteiger partial charge in [-0.15, -0.1) is 0 Å². The Bertz CT molecular complexity index is 1310. The molecule has 0 bridgehead atoms. The van der Waals surface area contributed by atoms with E-state index >= 15 is 0 Å². The number of hydrogen-bond acceptors (Lipinski definition) is 4. The zero-order valence-electron chi connectivity index (χ0n) is 19.5. The Morgan fingerprint density at radius 2 is 1.38 bits per heavy atom. The van der Waals surface area contributed by atoms with E-state index in [1.54, 1.807) is 42.5 Å². The van der Waals surface area contributed by atoms with Gasteiger partial charge in [-0.2, -0.15) is 13.2 Å². The van der Waals surface area contributed by atoms with E-state index in [-0.39, 0.29) is 10.8 Å². The maximum atomic E-state index is 12.8. The van der Waals surface area contributed by atoms with Crippen LogP contribution in [0.2, 0.25) is 0 Å². The fourth-order valence-electron chi connectivity index (χ4n) is 3.58. The lowest BCUT2D eigenvalue weighted by atomic mass is 9.94. The van der Waals surface area contributed by atoms with Crippen LogP contribution in [0, 0.1) is 0 Å². The maximum absolute atomic E-state index is 12.8. The third-order valence-corrected chi connectivity index (χ3v) is 7.11. The van der Waals surface area contributed by atoms with Gasteiger partial charge in [0.25, 0.3) is 10.0 Å². The second-order valence-corrected chi connectivity index (χ2v) is 10.1. The first-order valence-corrected chi connectivity index (χ1v) is 12.7. The molecule has 0 unspecified atom stereocenters. The Labute approximate surface area is 212 Å². The van der Waals surface area contributed by atoms with Crippen LogP contribution in [0.3, 0.4) is 0 Å². The van der Waals surface area contributed by atoms with Gasteiger partial charge in [-0.05, 0) is 54.7 Å². The van der Waals surface area contributed by atoms with Gasteiger partial charge >= 0.3 is 12.1 Å². The summed E-state index contributed by atoms with van der Waals surface area (Å²) in [4.78, 5) is 21.9. The van der Waals surface area contributed by atoms with Crippen LogP contribution in [0.15, 0.2) is 89.8 Å². The Morgan fingerprint density at radius 3 is 1.86 bits per heavy atom. The fourth-order valence-corrected chi connectivity index (χ4v) is 4.66. The summed E-state index contributed by atoms with van der Waals surface area (Å²) >= 11 is 0. The molecule has 0 heterocycles. The van der Waals surface area contributed by atoms with Gasteiger partial charge in [0, 0.05) is 12.2 Å². The van der Waals surface area contributed by atoms with Gasteiger partial charge in [0.1, 0.15) is 0 Å². The zero-order valence-corrected chi connectivity index (χ0v) is 20.4. The molecule has 1 aliphatic carbocycles. The van der Waals surface area contributed by atoms with Crippen LogP contribution in [0.1, 0.15) is 24.0 Å². The Morgan fingerprint density at radius 1 is 0.865 bits per heavy atom. The van der Waals surface area contributed by atoms with E-state index in [4.69, 9.17) is 9.90 Å². The monoisotopic (exact) mass is 534 g/mol. The number of sulfonamides is 1. The molecule has 0 aliphatic heterocycles. The van der Waals surface area contributed by atoms with Crippen LogP contribution in [-0.4, -0.2) is 38.1 Å². The molecule has 4 rings (SSSR count). The molecule has 0 spiro atoms. The molecule has 0 radical (unpaired) electrons. The summed E-state index contributed by atoms with van der Waals surface area (Å²) in [5.41, 5.74) is 2.09. The van der Waals surface area contributed by atoms with Crippen LogP contribution in [-0.2, 0) is 31.4 Å². The van der Waals surface area contributed by atoms with Crippen molar-refractivity contribution < 1.29 is 36.3 Å². The predicted molar refractivity (Wildman–Crippen MR) is 131 cm³/mol. The predicted octanol–water partition coefficient (Wildman–Crippen LogP) is 4.51. The van der Waals surface area contributed by atoms with E-state index in [9.17, 15) is 26.4 Å². The number of nitrogens with one attached hydrogen (secondary N) is 2. The lowest BCUT2D eigenvalue weighted by Gasteiger charge is -2.17. The number of hydrogen-bond donors (Lipinski definition) is 3. The standard InChI is InChI=1S/C24H24N2O3S.C2HF3O2/c27-23(25-18-15-19-7-3-1-4-8-19)24(16-17-24)20-11-13-21(14-12-20)26-30(28,29)22-9-5-2-6-10-22;3-2(4,5)1(6)7/h1-14,26H,15-18H2,(H,25,27);(H,6,7). The lowest BCUT2D eigenvalue weighted by Crippen LogP contribution is -2.35. The van der Waals surface area contributed by atoms with Crippen molar-refractivity contribution >= 4 is 27.6 Å². The van der Waals surface area contributed by atoms with E-state index in [1.165, 1.54) is 5.56 Å². The van der Waals surface area contributed by atoms with Gasteiger partial charge in [0.15, 0.2) is 0 Å². The van der Waals surface area contributed by atoms with E-state index in [2.05, 4.69) is 10.0 Å². The number of aliphatic carboxylic acids is 1. The third-order valence-electron chi connectivity index (χ3n) is 5.71. The average Bonchev–Trinajstić information content (AvgIpc) is 3.67. The van der Waals surface area contributed by atoms with Crippen LogP contribution in [0.5, 0.6) is 0 Å². The van der Waals surface area contributed by atoms with Gasteiger partial charge < -0.3 is 10.4 Å². The Hall–Kier alpha value is -3.86. The Balaban J connectivity index is 0.000000479. The number of carbonyl (C=O) groups excluding carboxylic acids is 1. The number of halogens is 3. The van der Waals surface area contributed by atoms with Crippen LogP contribution in [0.4, 0.5) is 18.9 Å². The minimum Gasteiger partial charge on any atom is -0.475 e. The molecule has 0 atom stereocenters. The minimum atomic E-state index is -5.08. The summed E-state index contributed by atoms with van der Waals surface area (Å²) in [7, 11) is -3.63. The molecule has 37 heavy (non-hydrogen) atoms. The third kappa shape index (κ3) is 7.56. The SMILES string of the molecule is O=C(NCCc1ccccc1)C1(c2ccc(NS(=O)(=O)c3ccccc3)cc2)CC1.O=C(O)C(F)(F)F. The molecule has 1 aliphatic rings. The zero-order chi connectivity index (χ0) is 27.1. The highest BCUT2D eigenvalue weighted by Crippen LogP contribution is 2.48. The highest BCUT2D eigenvalue weighted by Gasteiger charge is 2.51. The van der Waals surface area contributed by atoms with Gasteiger partial charge in [0.05, 0.1) is 10.3 Å². The molecule has 1 fully saturated rings. The van der Waals surface area contributed by atoms with Gasteiger partial charge in [-0.1, -0.05) is 60.7 Å². The fraction of sp³-hybridized carbons (Fsp3) is 0.231. The first-order valence-electron chi connectivity index (χ1n) is 11.2. The van der Waals surface area contributed by atoms with Crippen molar-refractivity contribution in [2.24, 2.45) is 0 Å². The molecule has 0 saturated heterocycles. The van der Waals surface area contributed by atoms with Crippen LogP contribution < -0.4 is 10.0 Å². The van der Waals surface area contributed by atoms with Crippen molar-refractivity contribution in [2.45, 2.75) is 35.7 Å². The number of carboxylic acids is 1. The largest absolute Gasteiger partial charge is 0.490 e. The van der Waals surface area contributed by atoms with Gasteiger partial charge in [-0.25, -0.2) is 13.2 Å². The molecule has 11 heteroatoms. The molecular formula is C26H25F3N2O5S. The van der Waals surface area contributed by atoms with Crippen molar-refractivity contribution in [3.63, 3.8) is 0 Å². The quantitative estimate of drug-likeness (QED) is 0.394. The van der Waals surface area contributed by atoms with Crippen molar-refractivity contribution in [1.29, 1.82) is 0 Å². The molecule has 3 aromatic carbocycles. The lowest BCUT2D eigenvalue weighted by molar-refractivity contribution is -0.192. The summed E-state index contributed by atoms with van der Waals surface area (Å²) in [6, 6.07) is 25.4. The van der Waals surface area contributed by atoms with Crippen LogP contribution >= 0.6 is 0 Å². The maximum Gasteiger partial charge on any atom is 0.490 e. The molecule has 1 saturated carbocycles. The summed E-state index contributed by atoms with van der Waals surface area (Å²) in [5, 5.41) is 10.2. The number of anilines is 1. The van der Waals surface area contributed by atoms with E-state index < -0.39 is 27.6 Å². The number of alkyl halides is 3. The van der Waals surface area contributed by atoms with Crippen molar-refractivity contribution in [3.8, 4) is 0 Å². The number of amides is 1. The van der Waals surface area contributed by atoms with Crippen molar-refractivity contribution in [1.82, 2.24) is 5.32 Å². The molecular weight excluding hydrogens is 509 g/mol. The summed E-state index contributed by atoms with van der Waals surface area (Å²) in [6.45, 7) is 0.597. The van der Waals surface area contributed by atoms with Gasteiger partial charge in [0.2, 0.25) is 5.91 Å². The molecule has 7 nitrogen and oxygen atoms in total. The molecule has 3 N–H and O–H groups in total. The van der Waals surface area contributed by atoms with E-state index in [1.807, 2.05) is 42.5 Å². The molecule has 3 aromatic rings. The first-order chi connectivity index (χ1) is 17.4. The number of carbonyl (C=O) groups is 2. The van der Waals surface area contributed by atoms with Crippen LogP contribution in [0.25, 0.3) is 0 Å². The highest BCUT2D eigenvalue weighted by atomic mass is 32.2. The minimum absolute atomic E-state index is 0.0380. The Kier molecular flexibility index (Phi) is 8.59. The molecule has 196 valence electrons. The van der Waals surface area contributed by atoms with Crippen molar-refractivity contribution in [2.75, 3.05) is 11.3 Å². The van der Waals surface area contributed by atoms with E-state index in [0.29, 0.717) is 12.2 Å². The topological polar surface area (TPSA) is 113 Å². The molecule has 0 aromatic heterocycles. The van der Waals surface area contributed by atoms with Gasteiger partial charge in [-0.3, -0.25) is 9.52 Å². The number of carboxylic acid groups (broad SMARTS) is 1.